The summed E-state index contributed by atoms with van der Waals surface area (Å²) in [4.78, 5) is 4.82. The zero-order valence-electron chi connectivity index (χ0n) is 15.7. The molecule has 0 aliphatic carbocycles. The molecular weight excluding hydrogens is 332 g/mol. The largest absolute Gasteiger partial charge is 0.379 e. The van der Waals surface area contributed by atoms with Gasteiger partial charge in [-0.3, -0.25) is 9.80 Å². The molecule has 2 aromatic rings. The maximum atomic E-state index is 5.43. The number of aromatic nitrogens is 4. The predicted molar refractivity (Wildman–Crippen MR) is 95.6 cm³/mol. The van der Waals surface area contributed by atoms with Gasteiger partial charge in [-0.15, -0.1) is 10.2 Å². The summed E-state index contributed by atoms with van der Waals surface area (Å²) < 4.78 is 13.0. The topological polar surface area (TPSA) is 72.5 Å². The highest BCUT2D eigenvalue weighted by Crippen LogP contribution is 2.27. The minimum atomic E-state index is 0.420. The fourth-order valence-electron chi connectivity index (χ4n) is 3.95. The van der Waals surface area contributed by atoms with Gasteiger partial charge in [0.05, 0.1) is 32.0 Å². The molecule has 0 unspecified atom stereocenters. The molecule has 1 atom stereocenters. The van der Waals surface area contributed by atoms with Gasteiger partial charge in [-0.25, -0.2) is 0 Å². The maximum Gasteiger partial charge on any atom is 0.150 e. The fourth-order valence-corrected chi connectivity index (χ4v) is 3.95. The van der Waals surface area contributed by atoms with E-state index in [1.807, 2.05) is 13.0 Å². The second kappa shape index (κ2) is 7.85. The smallest absolute Gasteiger partial charge is 0.150 e. The van der Waals surface area contributed by atoms with Crippen molar-refractivity contribution in [2.45, 2.75) is 38.8 Å². The number of hydrogen-bond donors (Lipinski definition) is 0. The Labute approximate surface area is 154 Å². The minimum absolute atomic E-state index is 0.420. The van der Waals surface area contributed by atoms with Crippen LogP contribution < -0.4 is 0 Å². The van der Waals surface area contributed by atoms with Gasteiger partial charge >= 0.3 is 0 Å². The van der Waals surface area contributed by atoms with E-state index in [4.69, 9.17) is 9.26 Å². The molecule has 0 N–H and O–H groups in total. The van der Waals surface area contributed by atoms with E-state index < -0.39 is 0 Å². The lowest BCUT2D eigenvalue weighted by Gasteiger charge is -2.31. The van der Waals surface area contributed by atoms with Crippen molar-refractivity contribution < 1.29 is 9.26 Å². The number of rotatable bonds is 5. The Balaban J connectivity index is 1.40. The SMILES string of the molecule is Cc1cc(CN2CCC[C@H](c3nnc(CN4CCOCC4)n3C)C2)on1. The van der Waals surface area contributed by atoms with Crippen LogP contribution in [0.3, 0.4) is 0 Å². The van der Waals surface area contributed by atoms with Crippen LogP contribution in [0.2, 0.25) is 0 Å². The van der Waals surface area contributed by atoms with Crippen molar-refractivity contribution in [2.24, 2.45) is 7.05 Å². The standard InChI is InChI=1S/C18H28N6O2/c1-14-10-16(26-21-14)12-24-5-3-4-15(11-24)18-20-19-17(22(18)2)13-23-6-8-25-9-7-23/h10,15H,3-9,11-13H2,1-2H3/t15-/m0/s1. The molecule has 0 aromatic carbocycles. The first kappa shape index (κ1) is 17.6. The van der Waals surface area contributed by atoms with Crippen LogP contribution in [-0.4, -0.2) is 69.1 Å². The first-order chi connectivity index (χ1) is 12.7. The van der Waals surface area contributed by atoms with Crippen LogP contribution in [0.4, 0.5) is 0 Å². The normalized spacial score (nSPS) is 22.8. The number of ether oxygens (including phenoxy) is 1. The predicted octanol–water partition coefficient (Wildman–Crippen LogP) is 1.32. The average Bonchev–Trinajstić information content (AvgIpc) is 3.22. The number of piperidine rings is 1. The number of likely N-dealkylation sites (tertiary alicyclic amines) is 1. The summed E-state index contributed by atoms with van der Waals surface area (Å²) in [6.07, 6.45) is 2.33. The minimum Gasteiger partial charge on any atom is -0.379 e. The molecule has 4 heterocycles. The van der Waals surface area contributed by atoms with Gasteiger partial charge in [-0.2, -0.15) is 0 Å². The van der Waals surface area contributed by atoms with E-state index in [1.165, 1.54) is 6.42 Å². The Hall–Kier alpha value is -1.77. The zero-order chi connectivity index (χ0) is 17.9. The van der Waals surface area contributed by atoms with Gasteiger partial charge in [0, 0.05) is 38.7 Å². The van der Waals surface area contributed by atoms with Crippen LogP contribution in [0.1, 0.15) is 41.9 Å². The van der Waals surface area contributed by atoms with E-state index in [-0.39, 0.29) is 0 Å². The Bertz CT molecular complexity index is 721. The summed E-state index contributed by atoms with van der Waals surface area (Å²) in [7, 11) is 2.10. The summed E-state index contributed by atoms with van der Waals surface area (Å²) in [5.41, 5.74) is 0.939. The van der Waals surface area contributed by atoms with Crippen LogP contribution in [0.5, 0.6) is 0 Å². The number of nitrogens with zero attached hydrogens (tertiary/aromatic N) is 6. The second-order valence-corrected chi connectivity index (χ2v) is 7.43. The van der Waals surface area contributed by atoms with Crippen molar-refractivity contribution in [1.82, 2.24) is 29.7 Å². The third-order valence-electron chi connectivity index (χ3n) is 5.39. The van der Waals surface area contributed by atoms with E-state index in [2.05, 4.69) is 36.8 Å². The second-order valence-electron chi connectivity index (χ2n) is 7.43. The molecule has 2 fully saturated rings. The van der Waals surface area contributed by atoms with Gasteiger partial charge in [-0.05, 0) is 26.3 Å². The lowest BCUT2D eigenvalue weighted by atomic mass is 9.97. The molecule has 2 aromatic heterocycles. The number of hydrogen-bond acceptors (Lipinski definition) is 7. The molecule has 0 bridgehead atoms. The Morgan fingerprint density at radius 3 is 2.73 bits per heavy atom. The van der Waals surface area contributed by atoms with Gasteiger partial charge in [0.15, 0.2) is 5.76 Å². The summed E-state index contributed by atoms with van der Waals surface area (Å²) >= 11 is 0. The first-order valence-corrected chi connectivity index (χ1v) is 9.52. The Morgan fingerprint density at radius 1 is 1.12 bits per heavy atom. The third-order valence-corrected chi connectivity index (χ3v) is 5.39. The maximum absolute atomic E-state index is 5.43. The van der Waals surface area contributed by atoms with E-state index in [9.17, 15) is 0 Å². The molecule has 142 valence electrons. The summed E-state index contributed by atoms with van der Waals surface area (Å²) in [6, 6.07) is 2.02. The highest BCUT2D eigenvalue weighted by atomic mass is 16.5. The average molecular weight is 360 g/mol. The Morgan fingerprint density at radius 2 is 1.96 bits per heavy atom. The number of aryl methyl sites for hydroxylation is 1. The molecule has 0 spiro atoms. The van der Waals surface area contributed by atoms with Crippen molar-refractivity contribution in [2.75, 3.05) is 39.4 Å². The molecule has 0 saturated carbocycles. The molecule has 0 radical (unpaired) electrons. The van der Waals surface area contributed by atoms with Crippen molar-refractivity contribution in [3.05, 3.63) is 29.2 Å². The molecule has 4 rings (SSSR count). The van der Waals surface area contributed by atoms with Crippen molar-refractivity contribution in [3.8, 4) is 0 Å². The summed E-state index contributed by atoms with van der Waals surface area (Å²) in [5, 5.41) is 13.0. The quantitative estimate of drug-likeness (QED) is 0.796. The van der Waals surface area contributed by atoms with Gasteiger partial charge in [0.25, 0.3) is 0 Å². The summed E-state index contributed by atoms with van der Waals surface area (Å²) in [6.45, 7) is 9.26. The third kappa shape index (κ3) is 3.97. The zero-order valence-corrected chi connectivity index (χ0v) is 15.7. The first-order valence-electron chi connectivity index (χ1n) is 9.52. The van der Waals surface area contributed by atoms with Gasteiger partial charge in [0.1, 0.15) is 11.6 Å². The molecule has 8 nitrogen and oxygen atoms in total. The molecule has 2 saturated heterocycles. The van der Waals surface area contributed by atoms with Crippen LogP contribution in [-0.2, 0) is 24.9 Å². The molecule has 2 aliphatic heterocycles. The molecule has 26 heavy (non-hydrogen) atoms. The van der Waals surface area contributed by atoms with E-state index >= 15 is 0 Å². The van der Waals surface area contributed by atoms with Gasteiger partial charge in [0.2, 0.25) is 0 Å². The highest BCUT2D eigenvalue weighted by Gasteiger charge is 2.27. The van der Waals surface area contributed by atoms with E-state index in [0.717, 1.165) is 82.0 Å². The summed E-state index contributed by atoms with van der Waals surface area (Å²) in [5.74, 6) is 3.51. The van der Waals surface area contributed by atoms with E-state index in [1.54, 1.807) is 0 Å². The van der Waals surface area contributed by atoms with Crippen LogP contribution in [0.15, 0.2) is 10.6 Å². The fraction of sp³-hybridized carbons (Fsp3) is 0.722. The van der Waals surface area contributed by atoms with Crippen molar-refractivity contribution >= 4 is 0 Å². The van der Waals surface area contributed by atoms with E-state index in [0.29, 0.717) is 5.92 Å². The van der Waals surface area contributed by atoms with Crippen molar-refractivity contribution in [1.29, 1.82) is 0 Å². The van der Waals surface area contributed by atoms with Gasteiger partial charge < -0.3 is 13.8 Å². The van der Waals surface area contributed by atoms with Gasteiger partial charge in [-0.1, -0.05) is 5.16 Å². The lowest BCUT2D eigenvalue weighted by molar-refractivity contribution is 0.0326. The van der Waals surface area contributed by atoms with Crippen molar-refractivity contribution in [3.63, 3.8) is 0 Å². The Kier molecular flexibility index (Phi) is 5.33. The monoisotopic (exact) mass is 360 g/mol. The van der Waals surface area contributed by atoms with Crippen LogP contribution in [0.25, 0.3) is 0 Å². The molecule has 0 amide bonds. The molecular formula is C18H28N6O2. The highest BCUT2D eigenvalue weighted by molar-refractivity contribution is 5.06. The lowest BCUT2D eigenvalue weighted by Crippen LogP contribution is -2.36. The number of morpholine rings is 1. The molecule has 8 heteroatoms. The van der Waals surface area contributed by atoms with Crippen LogP contribution >= 0.6 is 0 Å². The van der Waals surface area contributed by atoms with Crippen LogP contribution in [0, 0.1) is 6.92 Å². The molecule has 2 aliphatic rings.